The lowest BCUT2D eigenvalue weighted by Gasteiger charge is -2.27. The number of benzene rings is 1. The first-order valence-corrected chi connectivity index (χ1v) is 9.77. The third-order valence-corrected chi connectivity index (χ3v) is 4.83. The van der Waals surface area contributed by atoms with Gasteiger partial charge in [0.1, 0.15) is 6.04 Å². The van der Waals surface area contributed by atoms with E-state index in [4.69, 9.17) is 14.2 Å². The Balaban J connectivity index is 1.56. The Bertz CT molecular complexity index is 827. The van der Waals surface area contributed by atoms with Crippen LogP contribution in [0.4, 0.5) is 5.69 Å². The second kappa shape index (κ2) is 10.3. The molecule has 0 radical (unpaired) electrons. The molecule has 30 heavy (non-hydrogen) atoms. The number of carbonyl (C=O) groups excluding carboxylic acids is 4. The van der Waals surface area contributed by atoms with Crippen molar-refractivity contribution in [3.05, 3.63) is 29.3 Å². The molecule has 3 rings (SSSR count). The number of nitrogens with one attached hydrogen (secondary N) is 2. The van der Waals surface area contributed by atoms with Crippen LogP contribution in [0, 0.1) is 0 Å². The smallest absolute Gasteiger partial charge is 0.264 e. The SMILES string of the molecule is COCCOCCOCCNc1cccc2c1C(=O)N(C1CCC(=O)NC1=O)C2=O. The molecule has 0 spiro atoms. The molecule has 1 aromatic carbocycles. The molecule has 2 N–H and O–H groups in total. The van der Waals surface area contributed by atoms with Gasteiger partial charge < -0.3 is 19.5 Å². The minimum absolute atomic E-state index is 0.0848. The molecule has 0 bridgehead atoms. The summed E-state index contributed by atoms with van der Waals surface area (Å²) >= 11 is 0. The van der Waals surface area contributed by atoms with E-state index in [1.54, 1.807) is 25.3 Å². The van der Waals surface area contributed by atoms with Crippen LogP contribution in [0.15, 0.2) is 18.2 Å². The number of methoxy groups -OCH3 is 1. The standard InChI is InChI=1S/C20H25N3O7/c1-28-9-10-30-12-11-29-8-7-21-14-4-2-3-13-17(14)20(27)23(19(13)26)15-5-6-16(24)22-18(15)25/h2-4,15,21H,5-12H2,1H3,(H,22,24,25). The number of ether oxygens (including phenoxy) is 3. The van der Waals surface area contributed by atoms with Crippen molar-refractivity contribution in [3.8, 4) is 0 Å². The Labute approximate surface area is 173 Å². The van der Waals surface area contributed by atoms with Crippen molar-refractivity contribution in [3.63, 3.8) is 0 Å². The van der Waals surface area contributed by atoms with Crippen LogP contribution in [-0.2, 0) is 23.8 Å². The van der Waals surface area contributed by atoms with E-state index < -0.39 is 29.7 Å². The van der Waals surface area contributed by atoms with Crippen molar-refractivity contribution in [1.29, 1.82) is 0 Å². The minimum Gasteiger partial charge on any atom is -0.382 e. The lowest BCUT2D eigenvalue weighted by Crippen LogP contribution is -2.54. The highest BCUT2D eigenvalue weighted by atomic mass is 16.5. The largest absolute Gasteiger partial charge is 0.382 e. The minimum atomic E-state index is -0.982. The topological polar surface area (TPSA) is 123 Å². The summed E-state index contributed by atoms with van der Waals surface area (Å²) < 4.78 is 15.6. The maximum atomic E-state index is 13.0. The molecule has 2 heterocycles. The molecular formula is C20H25N3O7. The average molecular weight is 419 g/mol. The van der Waals surface area contributed by atoms with Crippen molar-refractivity contribution >= 4 is 29.3 Å². The molecule has 1 saturated heterocycles. The summed E-state index contributed by atoms with van der Waals surface area (Å²) in [6.07, 6.45) is 0.209. The van der Waals surface area contributed by atoms with Crippen LogP contribution in [0.5, 0.6) is 0 Å². The van der Waals surface area contributed by atoms with E-state index in [1.807, 2.05) is 0 Å². The fourth-order valence-corrected chi connectivity index (χ4v) is 3.38. The van der Waals surface area contributed by atoms with Crippen LogP contribution in [0.1, 0.15) is 33.6 Å². The quantitative estimate of drug-likeness (QED) is 0.385. The van der Waals surface area contributed by atoms with Gasteiger partial charge in [-0.1, -0.05) is 6.07 Å². The summed E-state index contributed by atoms with van der Waals surface area (Å²) in [5, 5.41) is 5.29. The molecule has 1 unspecified atom stereocenters. The maximum absolute atomic E-state index is 13.0. The van der Waals surface area contributed by atoms with Crippen molar-refractivity contribution < 1.29 is 33.4 Å². The van der Waals surface area contributed by atoms with Crippen LogP contribution in [0.3, 0.4) is 0 Å². The molecular weight excluding hydrogens is 394 g/mol. The number of rotatable bonds is 11. The number of amides is 4. The van der Waals surface area contributed by atoms with Gasteiger partial charge in [-0.25, -0.2) is 0 Å². The number of hydrogen-bond acceptors (Lipinski definition) is 8. The summed E-state index contributed by atoms with van der Waals surface area (Å²) in [4.78, 5) is 50.2. The van der Waals surface area contributed by atoms with Crippen LogP contribution < -0.4 is 10.6 Å². The highest BCUT2D eigenvalue weighted by molar-refractivity contribution is 6.25. The van der Waals surface area contributed by atoms with Gasteiger partial charge in [-0.15, -0.1) is 0 Å². The fraction of sp³-hybridized carbons (Fsp3) is 0.500. The second-order valence-corrected chi connectivity index (χ2v) is 6.82. The molecule has 1 fully saturated rings. The van der Waals surface area contributed by atoms with E-state index >= 15 is 0 Å². The molecule has 10 nitrogen and oxygen atoms in total. The third-order valence-electron chi connectivity index (χ3n) is 4.83. The summed E-state index contributed by atoms with van der Waals surface area (Å²) in [5.41, 5.74) is 0.970. The highest BCUT2D eigenvalue weighted by Crippen LogP contribution is 2.32. The van der Waals surface area contributed by atoms with Gasteiger partial charge in [0.15, 0.2) is 0 Å². The number of imide groups is 2. The number of hydrogen-bond donors (Lipinski definition) is 2. The normalized spacial score (nSPS) is 18.6. The number of piperidine rings is 1. The lowest BCUT2D eigenvalue weighted by molar-refractivity contribution is -0.136. The molecule has 1 aromatic rings. The molecule has 2 aliphatic heterocycles. The molecule has 0 aliphatic carbocycles. The average Bonchev–Trinajstić information content (AvgIpc) is 2.98. The summed E-state index contributed by atoms with van der Waals surface area (Å²) in [5.74, 6) is -2.10. The van der Waals surface area contributed by atoms with Crippen molar-refractivity contribution in [2.24, 2.45) is 0 Å². The van der Waals surface area contributed by atoms with Crippen LogP contribution in [-0.4, -0.2) is 81.3 Å². The monoisotopic (exact) mass is 419 g/mol. The van der Waals surface area contributed by atoms with Gasteiger partial charge in [0.25, 0.3) is 11.8 Å². The van der Waals surface area contributed by atoms with E-state index in [-0.39, 0.29) is 24.0 Å². The highest BCUT2D eigenvalue weighted by Gasteiger charge is 2.45. The van der Waals surface area contributed by atoms with Gasteiger partial charge in [-0.2, -0.15) is 0 Å². The van der Waals surface area contributed by atoms with E-state index in [0.717, 1.165) is 4.90 Å². The van der Waals surface area contributed by atoms with Crippen molar-refractivity contribution in [1.82, 2.24) is 10.2 Å². The van der Waals surface area contributed by atoms with Crippen LogP contribution in [0.25, 0.3) is 0 Å². The third kappa shape index (κ3) is 4.84. The fourth-order valence-electron chi connectivity index (χ4n) is 3.38. The van der Waals surface area contributed by atoms with Gasteiger partial charge in [0.05, 0.1) is 44.2 Å². The van der Waals surface area contributed by atoms with Crippen molar-refractivity contribution in [2.45, 2.75) is 18.9 Å². The van der Waals surface area contributed by atoms with Gasteiger partial charge in [0, 0.05) is 25.8 Å². The summed E-state index contributed by atoms with van der Waals surface area (Å²) in [6.45, 7) is 2.74. The van der Waals surface area contributed by atoms with E-state index in [2.05, 4.69) is 10.6 Å². The van der Waals surface area contributed by atoms with Crippen LogP contribution >= 0.6 is 0 Å². The molecule has 10 heteroatoms. The first-order chi connectivity index (χ1) is 14.5. The zero-order valence-corrected chi connectivity index (χ0v) is 16.8. The van der Waals surface area contributed by atoms with Gasteiger partial charge >= 0.3 is 0 Å². The Morgan fingerprint density at radius 3 is 2.50 bits per heavy atom. The van der Waals surface area contributed by atoms with E-state index in [9.17, 15) is 19.2 Å². The van der Waals surface area contributed by atoms with Gasteiger partial charge in [-0.05, 0) is 18.6 Å². The number of anilines is 1. The second-order valence-electron chi connectivity index (χ2n) is 6.82. The Hall–Kier alpha value is -2.82. The zero-order chi connectivity index (χ0) is 21.5. The van der Waals surface area contributed by atoms with Crippen LogP contribution in [0.2, 0.25) is 0 Å². The predicted octanol–water partition coefficient (Wildman–Crippen LogP) is 0.179. The summed E-state index contributed by atoms with van der Waals surface area (Å²) in [6, 6.07) is 3.95. The summed E-state index contributed by atoms with van der Waals surface area (Å²) in [7, 11) is 1.61. The first kappa shape index (κ1) is 21.9. The van der Waals surface area contributed by atoms with E-state index in [1.165, 1.54) is 0 Å². The zero-order valence-electron chi connectivity index (χ0n) is 16.8. The Kier molecular flexibility index (Phi) is 7.50. The molecule has 162 valence electrons. The maximum Gasteiger partial charge on any atom is 0.264 e. The molecule has 1 atom stereocenters. The predicted molar refractivity (Wildman–Crippen MR) is 105 cm³/mol. The number of nitrogens with zero attached hydrogens (tertiary/aromatic N) is 1. The van der Waals surface area contributed by atoms with E-state index in [0.29, 0.717) is 45.3 Å². The molecule has 0 saturated carbocycles. The van der Waals surface area contributed by atoms with Gasteiger partial charge in [0.2, 0.25) is 11.8 Å². The first-order valence-electron chi connectivity index (χ1n) is 9.77. The molecule has 0 aromatic heterocycles. The Morgan fingerprint density at radius 1 is 1.03 bits per heavy atom. The molecule has 4 amide bonds. The number of fused-ring (bicyclic) bond motifs is 1. The van der Waals surface area contributed by atoms with Crippen molar-refractivity contribution in [2.75, 3.05) is 52.0 Å². The number of carbonyl (C=O) groups is 4. The molecule has 2 aliphatic rings. The Morgan fingerprint density at radius 2 is 1.77 bits per heavy atom. The lowest BCUT2D eigenvalue weighted by atomic mass is 10.0. The van der Waals surface area contributed by atoms with Gasteiger partial charge in [-0.3, -0.25) is 29.4 Å².